The summed E-state index contributed by atoms with van der Waals surface area (Å²) in [5.41, 5.74) is 2.60. The molecule has 0 radical (unpaired) electrons. The predicted molar refractivity (Wildman–Crippen MR) is 118 cm³/mol. The standard InChI is InChI=1S/C22H32N4OS/c1-3-23-22(25(2)11-10-21-5-4-16-28-21)24-17-19-6-8-20(9-7-19)18-26-12-14-27-15-13-26/h4-9,16H,3,10-15,17-18H2,1-2H3,(H,23,24). The summed E-state index contributed by atoms with van der Waals surface area (Å²) in [6.45, 7) is 9.39. The highest BCUT2D eigenvalue weighted by atomic mass is 32.1. The minimum absolute atomic E-state index is 0.698. The molecule has 152 valence electrons. The molecule has 0 amide bonds. The van der Waals surface area contributed by atoms with E-state index in [0.717, 1.165) is 58.3 Å². The maximum absolute atomic E-state index is 5.42. The van der Waals surface area contributed by atoms with Crippen LogP contribution in [0.2, 0.25) is 0 Å². The molecule has 0 unspecified atom stereocenters. The lowest BCUT2D eigenvalue weighted by Gasteiger charge is -2.26. The Morgan fingerprint density at radius 3 is 2.61 bits per heavy atom. The summed E-state index contributed by atoms with van der Waals surface area (Å²) in [4.78, 5) is 10.9. The van der Waals surface area contributed by atoms with Gasteiger partial charge in [-0.1, -0.05) is 30.3 Å². The first-order valence-electron chi connectivity index (χ1n) is 10.1. The van der Waals surface area contributed by atoms with Crippen LogP contribution < -0.4 is 5.32 Å². The molecule has 1 saturated heterocycles. The molecule has 0 spiro atoms. The maximum atomic E-state index is 5.42. The average molecular weight is 401 g/mol. The summed E-state index contributed by atoms with van der Waals surface area (Å²) in [6, 6.07) is 13.2. The Hall–Kier alpha value is -1.89. The molecular weight excluding hydrogens is 368 g/mol. The fourth-order valence-electron chi connectivity index (χ4n) is 3.24. The molecule has 1 aromatic heterocycles. The first-order valence-corrected chi connectivity index (χ1v) is 11.0. The zero-order valence-corrected chi connectivity index (χ0v) is 17.9. The first-order chi connectivity index (χ1) is 13.7. The van der Waals surface area contributed by atoms with Crippen LogP contribution in [0.1, 0.15) is 22.9 Å². The van der Waals surface area contributed by atoms with Crippen molar-refractivity contribution in [3.8, 4) is 0 Å². The molecule has 1 aliphatic heterocycles. The number of hydrogen-bond acceptors (Lipinski definition) is 4. The lowest BCUT2D eigenvalue weighted by molar-refractivity contribution is 0.0342. The van der Waals surface area contributed by atoms with Gasteiger partial charge in [0.2, 0.25) is 0 Å². The molecule has 3 rings (SSSR count). The molecule has 2 aromatic rings. The van der Waals surface area contributed by atoms with Crippen molar-refractivity contribution in [1.82, 2.24) is 15.1 Å². The van der Waals surface area contributed by atoms with Crippen LogP contribution in [0.25, 0.3) is 0 Å². The summed E-state index contributed by atoms with van der Waals surface area (Å²) in [6.07, 6.45) is 1.05. The van der Waals surface area contributed by atoms with Crippen LogP contribution in [0.15, 0.2) is 46.8 Å². The molecule has 6 heteroatoms. The van der Waals surface area contributed by atoms with Crippen molar-refractivity contribution in [2.45, 2.75) is 26.4 Å². The highest BCUT2D eigenvalue weighted by Gasteiger charge is 2.10. The van der Waals surface area contributed by atoms with Crippen molar-refractivity contribution >= 4 is 17.3 Å². The van der Waals surface area contributed by atoms with Gasteiger partial charge in [0.1, 0.15) is 0 Å². The molecule has 28 heavy (non-hydrogen) atoms. The van der Waals surface area contributed by atoms with Crippen molar-refractivity contribution in [2.24, 2.45) is 4.99 Å². The van der Waals surface area contributed by atoms with Crippen LogP contribution >= 0.6 is 11.3 Å². The summed E-state index contributed by atoms with van der Waals surface area (Å²) in [7, 11) is 2.11. The second-order valence-corrected chi connectivity index (χ2v) is 8.16. The van der Waals surface area contributed by atoms with Gasteiger partial charge in [0.25, 0.3) is 0 Å². The van der Waals surface area contributed by atoms with E-state index in [4.69, 9.17) is 9.73 Å². The normalized spacial score (nSPS) is 15.6. The third-order valence-electron chi connectivity index (χ3n) is 4.91. The Morgan fingerprint density at radius 2 is 1.93 bits per heavy atom. The molecule has 0 aliphatic carbocycles. The van der Waals surface area contributed by atoms with Gasteiger partial charge in [-0.05, 0) is 35.9 Å². The fourth-order valence-corrected chi connectivity index (χ4v) is 3.94. The number of thiophene rings is 1. The van der Waals surface area contributed by atoms with E-state index < -0.39 is 0 Å². The van der Waals surface area contributed by atoms with Crippen LogP contribution in [-0.4, -0.2) is 62.2 Å². The number of guanidine groups is 1. The largest absolute Gasteiger partial charge is 0.379 e. The smallest absolute Gasteiger partial charge is 0.193 e. The summed E-state index contributed by atoms with van der Waals surface area (Å²) in [5, 5.41) is 5.55. The van der Waals surface area contributed by atoms with Crippen molar-refractivity contribution in [1.29, 1.82) is 0 Å². The number of morpholine rings is 1. The van der Waals surface area contributed by atoms with E-state index in [0.29, 0.717) is 6.54 Å². The van der Waals surface area contributed by atoms with Crippen molar-refractivity contribution in [3.05, 3.63) is 57.8 Å². The van der Waals surface area contributed by atoms with Gasteiger partial charge in [0.05, 0.1) is 19.8 Å². The van der Waals surface area contributed by atoms with Gasteiger partial charge in [0.15, 0.2) is 5.96 Å². The van der Waals surface area contributed by atoms with Crippen molar-refractivity contribution < 1.29 is 4.74 Å². The zero-order valence-electron chi connectivity index (χ0n) is 17.1. The third kappa shape index (κ3) is 6.62. The lowest BCUT2D eigenvalue weighted by Crippen LogP contribution is -2.39. The van der Waals surface area contributed by atoms with Gasteiger partial charge in [-0.2, -0.15) is 0 Å². The SMILES string of the molecule is CCNC(=NCc1ccc(CN2CCOCC2)cc1)N(C)CCc1cccs1. The fraction of sp³-hybridized carbons (Fsp3) is 0.500. The molecule has 1 N–H and O–H groups in total. The van der Waals surface area contributed by atoms with Crippen LogP contribution in [-0.2, 0) is 24.2 Å². The van der Waals surface area contributed by atoms with Crippen LogP contribution in [0.3, 0.4) is 0 Å². The predicted octanol–water partition coefficient (Wildman–Crippen LogP) is 3.22. The minimum Gasteiger partial charge on any atom is -0.379 e. The van der Waals surface area contributed by atoms with Crippen molar-refractivity contribution in [2.75, 3.05) is 46.4 Å². The molecular formula is C22H32N4OS. The van der Waals surface area contributed by atoms with E-state index in [1.807, 2.05) is 11.3 Å². The summed E-state index contributed by atoms with van der Waals surface area (Å²) < 4.78 is 5.42. The number of hydrogen-bond donors (Lipinski definition) is 1. The van der Waals surface area contributed by atoms with Gasteiger partial charge in [-0.3, -0.25) is 4.90 Å². The van der Waals surface area contributed by atoms with Gasteiger partial charge < -0.3 is 15.0 Å². The van der Waals surface area contributed by atoms with Gasteiger partial charge >= 0.3 is 0 Å². The molecule has 1 fully saturated rings. The Labute approximate surface area is 173 Å². The van der Waals surface area contributed by atoms with Gasteiger partial charge in [-0.25, -0.2) is 4.99 Å². The van der Waals surface area contributed by atoms with Crippen LogP contribution in [0.5, 0.6) is 0 Å². The van der Waals surface area contributed by atoms with E-state index in [9.17, 15) is 0 Å². The topological polar surface area (TPSA) is 40.1 Å². The molecule has 5 nitrogen and oxygen atoms in total. The van der Waals surface area contributed by atoms with Gasteiger partial charge in [-0.15, -0.1) is 11.3 Å². The van der Waals surface area contributed by atoms with Crippen LogP contribution in [0, 0.1) is 0 Å². The minimum atomic E-state index is 0.698. The second-order valence-electron chi connectivity index (χ2n) is 7.13. The first kappa shape index (κ1) is 20.8. The summed E-state index contributed by atoms with van der Waals surface area (Å²) >= 11 is 1.82. The van der Waals surface area contributed by atoms with E-state index in [1.165, 1.54) is 16.0 Å². The number of nitrogens with one attached hydrogen (secondary N) is 1. The highest BCUT2D eigenvalue weighted by molar-refractivity contribution is 7.09. The van der Waals surface area contributed by atoms with E-state index in [1.54, 1.807) is 0 Å². The molecule has 0 saturated carbocycles. The quantitative estimate of drug-likeness (QED) is 0.546. The second kappa shape index (κ2) is 11.2. The maximum Gasteiger partial charge on any atom is 0.193 e. The van der Waals surface area contributed by atoms with Crippen LogP contribution in [0.4, 0.5) is 0 Å². The Morgan fingerprint density at radius 1 is 1.18 bits per heavy atom. The number of aliphatic imine (C=N–C) groups is 1. The third-order valence-corrected chi connectivity index (χ3v) is 5.85. The number of likely N-dealkylation sites (N-methyl/N-ethyl adjacent to an activating group) is 1. The molecule has 1 aliphatic rings. The van der Waals surface area contributed by atoms with E-state index >= 15 is 0 Å². The average Bonchev–Trinajstić information content (AvgIpc) is 3.25. The van der Waals surface area contributed by atoms with E-state index in [2.05, 4.69) is 70.9 Å². The zero-order chi connectivity index (χ0) is 19.6. The Balaban J connectivity index is 1.52. The Kier molecular flexibility index (Phi) is 8.33. The number of ether oxygens (including phenoxy) is 1. The number of benzene rings is 1. The van der Waals surface area contributed by atoms with E-state index in [-0.39, 0.29) is 0 Å². The Bertz CT molecular complexity index is 709. The number of rotatable bonds is 8. The summed E-state index contributed by atoms with van der Waals surface area (Å²) in [5.74, 6) is 0.969. The molecule has 0 atom stereocenters. The molecule has 2 heterocycles. The number of nitrogens with zero attached hydrogens (tertiary/aromatic N) is 3. The molecule has 1 aromatic carbocycles. The monoisotopic (exact) mass is 400 g/mol. The lowest BCUT2D eigenvalue weighted by atomic mass is 10.1. The van der Waals surface area contributed by atoms with Crippen molar-refractivity contribution in [3.63, 3.8) is 0 Å². The van der Waals surface area contributed by atoms with Gasteiger partial charge in [0, 0.05) is 44.6 Å². The molecule has 0 bridgehead atoms. The highest BCUT2D eigenvalue weighted by Crippen LogP contribution is 2.11.